The zero-order chi connectivity index (χ0) is 15.9. The third-order valence-corrected chi connectivity index (χ3v) is 3.26. The summed E-state index contributed by atoms with van der Waals surface area (Å²) < 4.78 is 36.8. The standard InChI is InChI=1S/C14H19F3N2O2/c1-2-3-4-5-12(20)18-10-11-6-8-19(9-7-11)13(21)14(15,16)17/h2-5,11H,6-10H2,1H3,(H,18,20). The molecule has 21 heavy (non-hydrogen) atoms. The third kappa shape index (κ3) is 6.01. The molecule has 1 fully saturated rings. The van der Waals surface area contributed by atoms with Crippen molar-refractivity contribution in [2.45, 2.75) is 25.9 Å². The van der Waals surface area contributed by atoms with Gasteiger partial charge in [0.1, 0.15) is 0 Å². The molecule has 0 aromatic carbocycles. The zero-order valence-electron chi connectivity index (χ0n) is 11.8. The molecule has 1 N–H and O–H groups in total. The topological polar surface area (TPSA) is 49.4 Å². The summed E-state index contributed by atoms with van der Waals surface area (Å²) in [7, 11) is 0. The van der Waals surface area contributed by atoms with E-state index < -0.39 is 12.1 Å². The molecule has 118 valence electrons. The number of allylic oxidation sites excluding steroid dienone is 3. The Hall–Kier alpha value is -1.79. The Morgan fingerprint density at radius 2 is 1.86 bits per heavy atom. The number of nitrogens with one attached hydrogen (secondary N) is 1. The molecule has 1 heterocycles. The van der Waals surface area contributed by atoms with Crippen molar-refractivity contribution in [1.82, 2.24) is 10.2 Å². The van der Waals surface area contributed by atoms with E-state index in [4.69, 9.17) is 0 Å². The van der Waals surface area contributed by atoms with E-state index in [2.05, 4.69) is 5.32 Å². The number of carbonyl (C=O) groups is 2. The summed E-state index contributed by atoms with van der Waals surface area (Å²) in [5.74, 6) is -1.91. The van der Waals surface area contributed by atoms with Gasteiger partial charge >= 0.3 is 12.1 Å². The first-order valence-electron chi connectivity index (χ1n) is 6.78. The van der Waals surface area contributed by atoms with Crippen LogP contribution in [0.2, 0.25) is 0 Å². The van der Waals surface area contributed by atoms with Gasteiger partial charge in [-0.2, -0.15) is 13.2 Å². The highest BCUT2D eigenvalue weighted by Crippen LogP contribution is 2.23. The van der Waals surface area contributed by atoms with Crippen molar-refractivity contribution in [1.29, 1.82) is 0 Å². The van der Waals surface area contributed by atoms with E-state index in [0.717, 1.165) is 4.90 Å². The molecule has 0 bridgehead atoms. The van der Waals surface area contributed by atoms with Crippen LogP contribution < -0.4 is 5.32 Å². The largest absolute Gasteiger partial charge is 0.471 e. The van der Waals surface area contributed by atoms with E-state index in [9.17, 15) is 22.8 Å². The Balaban J connectivity index is 2.31. The molecule has 1 aliphatic rings. The molecule has 0 aliphatic carbocycles. The maximum atomic E-state index is 12.3. The van der Waals surface area contributed by atoms with E-state index >= 15 is 0 Å². The van der Waals surface area contributed by atoms with Crippen LogP contribution in [-0.2, 0) is 9.59 Å². The summed E-state index contributed by atoms with van der Waals surface area (Å²) in [4.78, 5) is 23.3. The minimum atomic E-state index is -4.81. The lowest BCUT2D eigenvalue weighted by atomic mass is 9.96. The van der Waals surface area contributed by atoms with Gasteiger partial charge in [0, 0.05) is 25.7 Å². The smallest absolute Gasteiger partial charge is 0.352 e. The van der Waals surface area contributed by atoms with Gasteiger partial charge in [-0.1, -0.05) is 18.2 Å². The second-order valence-electron chi connectivity index (χ2n) is 4.86. The number of likely N-dealkylation sites (tertiary alicyclic amines) is 1. The average Bonchev–Trinajstić information content (AvgIpc) is 2.44. The van der Waals surface area contributed by atoms with Gasteiger partial charge in [0.25, 0.3) is 0 Å². The van der Waals surface area contributed by atoms with Crippen LogP contribution in [0.25, 0.3) is 0 Å². The van der Waals surface area contributed by atoms with Gasteiger partial charge in [-0.3, -0.25) is 9.59 Å². The van der Waals surface area contributed by atoms with E-state index in [1.54, 1.807) is 18.2 Å². The van der Waals surface area contributed by atoms with Gasteiger partial charge in [-0.05, 0) is 25.7 Å². The first-order valence-corrected chi connectivity index (χ1v) is 6.78. The molecule has 0 saturated carbocycles. The lowest BCUT2D eigenvalue weighted by Crippen LogP contribution is -2.46. The van der Waals surface area contributed by atoms with E-state index in [1.807, 2.05) is 6.92 Å². The highest BCUT2D eigenvalue weighted by atomic mass is 19.4. The van der Waals surface area contributed by atoms with Crippen molar-refractivity contribution in [3.63, 3.8) is 0 Å². The maximum Gasteiger partial charge on any atom is 0.471 e. The highest BCUT2D eigenvalue weighted by molar-refractivity contribution is 5.87. The SMILES string of the molecule is CC=CC=CC(=O)NCC1CCN(C(=O)C(F)(F)F)CC1. The molecule has 0 aromatic rings. The number of alkyl halides is 3. The monoisotopic (exact) mass is 304 g/mol. The number of amides is 2. The highest BCUT2D eigenvalue weighted by Gasteiger charge is 2.43. The fourth-order valence-electron chi connectivity index (χ4n) is 2.08. The molecule has 7 heteroatoms. The number of carbonyl (C=O) groups excluding carboxylic acids is 2. The minimum absolute atomic E-state index is 0.0767. The van der Waals surface area contributed by atoms with Crippen LogP contribution in [0.15, 0.2) is 24.3 Å². The van der Waals surface area contributed by atoms with Crippen LogP contribution in [0.5, 0.6) is 0 Å². The molecule has 1 rings (SSSR count). The zero-order valence-corrected chi connectivity index (χ0v) is 11.8. The molecule has 0 aromatic heterocycles. The Morgan fingerprint density at radius 3 is 2.38 bits per heavy atom. The Kier molecular flexibility index (Phi) is 6.45. The summed E-state index contributed by atoms with van der Waals surface area (Å²) in [5.41, 5.74) is 0. The van der Waals surface area contributed by atoms with Crippen molar-refractivity contribution >= 4 is 11.8 Å². The van der Waals surface area contributed by atoms with Crippen LogP contribution in [0.3, 0.4) is 0 Å². The first kappa shape index (κ1) is 17.3. The molecule has 0 atom stereocenters. The summed E-state index contributed by atoms with van der Waals surface area (Å²) in [5, 5.41) is 2.70. The van der Waals surface area contributed by atoms with E-state index in [0.29, 0.717) is 19.4 Å². The average molecular weight is 304 g/mol. The van der Waals surface area contributed by atoms with Crippen LogP contribution in [0.4, 0.5) is 13.2 Å². The molecule has 0 radical (unpaired) electrons. The predicted molar refractivity (Wildman–Crippen MR) is 72.3 cm³/mol. The van der Waals surface area contributed by atoms with Crippen molar-refractivity contribution in [2.75, 3.05) is 19.6 Å². The van der Waals surface area contributed by atoms with E-state index in [-0.39, 0.29) is 24.9 Å². The summed E-state index contributed by atoms with van der Waals surface area (Å²) in [6, 6.07) is 0. The second-order valence-corrected chi connectivity index (χ2v) is 4.86. The number of rotatable bonds is 4. The molecule has 4 nitrogen and oxygen atoms in total. The quantitative estimate of drug-likeness (QED) is 0.638. The summed E-state index contributed by atoms with van der Waals surface area (Å²) >= 11 is 0. The molecule has 0 spiro atoms. The molecule has 1 saturated heterocycles. The van der Waals surface area contributed by atoms with E-state index in [1.165, 1.54) is 6.08 Å². The van der Waals surface area contributed by atoms with Gasteiger partial charge in [-0.25, -0.2) is 0 Å². The van der Waals surface area contributed by atoms with Crippen LogP contribution in [0, 0.1) is 5.92 Å². The van der Waals surface area contributed by atoms with Gasteiger partial charge in [0.2, 0.25) is 5.91 Å². The molecular weight excluding hydrogens is 285 g/mol. The number of hydrogen-bond donors (Lipinski definition) is 1. The third-order valence-electron chi connectivity index (χ3n) is 3.26. The molecule has 1 aliphatic heterocycles. The maximum absolute atomic E-state index is 12.3. The van der Waals surface area contributed by atoms with Gasteiger partial charge < -0.3 is 10.2 Å². The van der Waals surface area contributed by atoms with Gasteiger partial charge in [0.05, 0.1) is 0 Å². The van der Waals surface area contributed by atoms with Crippen molar-refractivity contribution < 1.29 is 22.8 Å². The van der Waals surface area contributed by atoms with Crippen LogP contribution in [-0.4, -0.2) is 42.5 Å². The summed E-state index contributed by atoms with van der Waals surface area (Å²) in [6.07, 6.45) is 2.63. The Labute approximate surface area is 121 Å². The lowest BCUT2D eigenvalue weighted by Gasteiger charge is -2.32. The van der Waals surface area contributed by atoms with Crippen LogP contribution in [0.1, 0.15) is 19.8 Å². The van der Waals surface area contributed by atoms with Crippen molar-refractivity contribution in [3.8, 4) is 0 Å². The Morgan fingerprint density at radius 1 is 1.24 bits per heavy atom. The number of nitrogens with zero attached hydrogens (tertiary/aromatic N) is 1. The Bertz CT molecular complexity index is 422. The number of halogens is 3. The normalized spacial score (nSPS) is 17.6. The molecular formula is C14H19F3N2O2. The predicted octanol–water partition coefficient (Wildman–Crippen LogP) is 2.04. The second kappa shape index (κ2) is 7.85. The fraction of sp³-hybridized carbons (Fsp3) is 0.571. The minimum Gasteiger partial charge on any atom is -0.352 e. The fourth-order valence-corrected chi connectivity index (χ4v) is 2.08. The van der Waals surface area contributed by atoms with Gasteiger partial charge in [0.15, 0.2) is 0 Å². The molecule has 0 unspecified atom stereocenters. The molecule has 2 amide bonds. The van der Waals surface area contributed by atoms with Gasteiger partial charge in [-0.15, -0.1) is 0 Å². The summed E-state index contributed by atoms with van der Waals surface area (Å²) in [6.45, 7) is 2.39. The number of piperidine rings is 1. The van der Waals surface area contributed by atoms with Crippen LogP contribution >= 0.6 is 0 Å². The van der Waals surface area contributed by atoms with Crippen molar-refractivity contribution in [2.24, 2.45) is 5.92 Å². The lowest BCUT2D eigenvalue weighted by molar-refractivity contribution is -0.186. The number of hydrogen-bond acceptors (Lipinski definition) is 2. The van der Waals surface area contributed by atoms with Crippen molar-refractivity contribution in [3.05, 3.63) is 24.3 Å². The first-order chi connectivity index (χ1) is 9.84.